The maximum absolute atomic E-state index is 11.8. The second kappa shape index (κ2) is 8.59. The highest BCUT2D eigenvalue weighted by atomic mass is 32.1. The Morgan fingerprint density at radius 1 is 1.15 bits per heavy atom. The van der Waals surface area contributed by atoms with Gasteiger partial charge in [0, 0.05) is 21.5 Å². The molecule has 2 heterocycles. The fraction of sp³-hybridized carbons (Fsp3) is 0.167. The smallest absolute Gasteiger partial charge is 0.321 e. The zero-order valence-electron chi connectivity index (χ0n) is 14.0. The van der Waals surface area contributed by atoms with Crippen molar-refractivity contribution >= 4 is 34.6 Å². The van der Waals surface area contributed by atoms with Crippen LogP contribution in [0.3, 0.4) is 0 Å². The summed E-state index contributed by atoms with van der Waals surface area (Å²) in [5.74, 6) is 0.0458. The Kier molecular flexibility index (Phi) is 5.98. The molecule has 1 aromatic carbocycles. The van der Waals surface area contributed by atoms with Crippen LogP contribution in [0.4, 0.5) is 4.79 Å². The van der Waals surface area contributed by atoms with Gasteiger partial charge in [-0.05, 0) is 42.6 Å². The Labute approximate surface area is 158 Å². The topological polar surface area (TPSA) is 80.3 Å². The van der Waals surface area contributed by atoms with E-state index >= 15 is 0 Å². The summed E-state index contributed by atoms with van der Waals surface area (Å²) in [6.45, 7) is 2.10. The zero-order chi connectivity index (χ0) is 18.4. The molecule has 0 spiro atoms. The van der Waals surface area contributed by atoms with Crippen molar-refractivity contribution in [2.75, 3.05) is 6.61 Å². The Morgan fingerprint density at radius 2 is 1.96 bits per heavy atom. The Hall–Kier alpha value is -2.71. The third-order valence-corrected chi connectivity index (χ3v) is 5.23. The molecule has 3 aromatic rings. The standard InChI is InChI=1S/C18H17N3O3S2/c1-12-11-26-17(20-12)13-4-6-14(7-5-13)24-10-16(22)21-18(23)19-9-15-3-2-8-25-15/h2-8,11H,9-10H2,1H3,(H2,19,21,22,23). The summed E-state index contributed by atoms with van der Waals surface area (Å²) in [7, 11) is 0. The van der Waals surface area contributed by atoms with Crippen LogP contribution in [0.2, 0.25) is 0 Å². The number of nitrogens with one attached hydrogen (secondary N) is 2. The highest BCUT2D eigenvalue weighted by molar-refractivity contribution is 7.13. The fourth-order valence-electron chi connectivity index (χ4n) is 2.12. The van der Waals surface area contributed by atoms with E-state index in [-0.39, 0.29) is 6.61 Å². The number of hydrogen-bond donors (Lipinski definition) is 2. The van der Waals surface area contributed by atoms with Crippen LogP contribution in [-0.2, 0) is 11.3 Å². The lowest BCUT2D eigenvalue weighted by Crippen LogP contribution is -2.41. The summed E-state index contributed by atoms with van der Waals surface area (Å²) in [4.78, 5) is 28.9. The number of carbonyl (C=O) groups is 2. The number of thiophene rings is 1. The summed E-state index contributed by atoms with van der Waals surface area (Å²) < 4.78 is 5.41. The van der Waals surface area contributed by atoms with Crippen LogP contribution in [-0.4, -0.2) is 23.5 Å². The molecule has 3 amide bonds. The second-order valence-corrected chi connectivity index (χ2v) is 7.31. The third kappa shape index (κ3) is 5.14. The van der Waals surface area contributed by atoms with E-state index in [1.165, 1.54) is 11.3 Å². The molecule has 0 atom stereocenters. The van der Waals surface area contributed by atoms with E-state index in [0.29, 0.717) is 12.3 Å². The summed E-state index contributed by atoms with van der Waals surface area (Å²) in [5, 5.41) is 9.71. The number of carbonyl (C=O) groups excluding carboxylic acids is 2. The SMILES string of the molecule is Cc1csc(-c2ccc(OCC(=O)NC(=O)NCc3cccs3)cc2)n1. The van der Waals surface area contributed by atoms with Crippen molar-refractivity contribution < 1.29 is 14.3 Å². The number of benzene rings is 1. The maximum atomic E-state index is 11.8. The first kappa shape index (κ1) is 18.1. The van der Waals surface area contributed by atoms with Gasteiger partial charge < -0.3 is 10.1 Å². The first-order valence-corrected chi connectivity index (χ1v) is 9.61. The van der Waals surface area contributed by atoms with Gasteiger partial charge in [-0.15, -0.1) is 22.7 Å². The predicted molar refractivity (Wildman–Crippen MR) is 102 cm³/mol. The number of hydrogen-bond acceptors (Lipinski definition) is 6. The molecule has 0 aliphatic heterocycles. The van der Waals surface area contributed by atoms with E-state index in [4.69, 9.17) is 4.74 Å². The first-order chi connectivity index (χ1) is 12.6. The van der Waals surface area contributed by atoms with Gasteiger partial charge in [-0.3, -0.25) is 10.1 Å². The largest absolute Gasteiger partial charge is 0.484 e. The van der Waals surface area contributed by atoms with Crippen molar-refractivity contribution in [3.63, 3.8) is 0 Å². The van der Waals surface area contributed by atoms with Gasteiger partial charge in [0.1, 0.15) is 10.8 Å². The lowest BCUT2D eigenvalue weighted by molar-refractivity contribution is -0.122. The molecule has 8 heteroatoms. The van der Waals surface area contributed by atoms with Crippen LogP contribution >= 0.6 is 22.7 Å². The lowest BCUT2D eigenvalue weighted by Gasteiger charge is -2.08. The molecule has 0 aliphatic rings. The quantitative estimate of drug-likeness (QED) is 0.677. The number of ether oxygens (including phenoxy) is 1. The summed E-state index contributed by atoms with van der Waals surface area (Å²) >= 11 is 3.11. The van der Waals surface area contributed by atoms with Crippen molar-refractivity contribution in [3.8, 4) is 16.3 Å². The molecule has 134 valence electrons. The molecule has 0 fully saturated rings. The van der Waals surface area contributed by atoms with Crippen LogP contribution in [0.1, 0.15) is 10.6 Å². The third-order valence-electron chi connectivity index (χ3n) is 3.35. The molecule has 2 aromatic heterocycles. The Morgan fingerprint density at radius 3 is 2.62 bits per heavy atom. The molecule has 0 unspecified atom stereocenters. The molecule has 0 bridgehead atoms. The Balaban J connectivity index is 1.43. The molecule has 3 rings (SSSR count). The summed E-state index contributed by atoms with van der Waals surface area (Å²) in [5.41, 5.74) is 1.98. The Bertz CT molecular complexity index is 873. The maximum Gasteiger partial charge on any atom is 0.321 e. The normalized spacial score (nSPS) is 10.3. The number of imide groups is 1. The van der Waals surface area contributed by atoms with Gasteiger partial charge in [0.25, 0.3) is 5.91 Å². The van der Waals surface area contributed by atoms with Gasteiger partial charge in [-0.25, -0.2) is 9.78 Å². The first-order valence-electron chi connectivity index (χ1n) is 7.85. The zero-order valence-corrected chi connectivity index (χ0v) is 15.7. The highest BCUT2D eigenvalue weighted by Crippen LogP contribution is 2.25. The van der Waals surface area contributed by atoms with E-state index in [0.717, 1.165) is 21.1 Å². The van der Waals surface area contributed by atoms with Crippen molar-refractivity contribution in [2.45, 2.75) is 13.5 Å². The van der Waals surface area contributed by atoms with E-state index in [2.05, 4.69) is 15.6 Å². The monoisotopic (exact) mass is 387 g/mol. The average Bonchev–Trinajstić information content (AvgIpc) is 3.30. The van der Waals surface area contributed by atoms with Gasteiger partial charge in [-0.1, -0.05) is 6.07 Å². The number of aromatic nitrogens is 1. The van der Waals surface area contributed by atoms with Gasteiger partial charge in [0.2, 0.25) is 0 Å². The van der Waals surface area contributed by atoms with Crippen LogP contribution < -0.4 is 15.4 Å². The molecule has 0 saturated carbocycles. The van der Waals surface area contributed by atoms with Gasteiger partial charge >= 0.3 is 6.03 Å². The minimum atomic E-state index is -0.540. The average molecular weight is 387 g/mol. The summed E-state index contributed by atoms with van der Waals surface area (Å²) in [6, 6.07) is 10.6. The number of aryl methyl sites for hydroxylation is 1. The van der Waals surface area contributed by atoms with Gasteiger partial charge in [-0.2, -0.15) is 0 Å². The number of nitrogens with zero attached hydrogens (tertiary/aromatic N) is 1. The van der Waals surface area contributed by atoms with Crippen LogP contribution in [0.15, 0.2) is 47.2 Å². The van der Waals surface area contributed by atoms with Crippen LogP contribution in [0.25, 0.3) is 10.6 Å². The van der Waals surface area contributed by atoms with E-state index in [1.54, 1.807) is 23.5 Å². The molecule has 6 nitrogen and oxygen atoms in total. The number of thiazole rings is 1. The molecule has 0 radical (unpaired) electrons. The van der Waals surface area contributed by atoms with Crippen molar-refractivity contribution in [2.24, 2.45) is 0 Å². The van der Waals surface area contributed by atoms with Crippen LogP contribution in [0.5, 0.6) is 5.75 Å². The number of amides is 3. The number of rotatable bonds is 6. The molecule has 2 N–H and O–H groups in total. The molecule has 0 aliphatic carbocycles. The molecular weight excluding hydrogens is 370 g/mol. The fourth-order valence-corrected chi connectivity index (χ4v) is 3.56. The minimum Gasteiger partial charge on any atom is -0.484 e. The highest BCUT2D eigenvalue weighted by Gasteiger charge is 2.09. The number of urea groups is 1. The predicted octanol–water partition coefficient (Wildman–Crippen LogP) is 3.58. The second-order valence-electron chi connectivity index (χ2n) is 5.42. The molecule has 26 heavy (non-hydrogen) atoms. The van der Waals surface area contributed by atoms with Crippen molar-refractivity contribution in [1.29, 1.82) is 0 Å². The van der Waals surface area contributed by atoms with E-state index in [9.17, 15) is 9.59 Å². The van der Waals surface area contributed by atoms with Crippen molar-refractivity contribution in [1.82, 2.24) is 15.6 Å². The van der Waals surface area contributed by atoms with Gasteiger partial charge in [0.15, 0.2) is 6.61 Å². The van der Waals surface area contributed by atoms with Crippen LogP contribution in [0, 0.1) is 6.92 Å². The van der Waals surface area contributed by atoms with Gasteiger partial charge in [0.05, 0.1) is 6.54 Å². The summed E-state index contributed by atoms with van der Waals surface area (Å²) in [6.07, 6.45) is 0. The van der Waals surface area contributed by atoms with Crippen molar-refractivity contribution in [3.05, 3.63) is 57.7 Å². The molecule has 0 saturated heterocycles. The van der Waals surface area contributed by atoms with E-state index in [1.807, 2.05) is 41.9 Å². The minimum absolute atomic E-state index is 0.234. The lowest BCUT2D eigenvalue weighted by atomic mass is 10.2. The van der Waals surface area contributed by atoms with E-state index < -0.39 is 11.9 Å². The molecular formula is C18H17N3O3S2.